The molecule has 6 nitrogen and oxygen atoms in total. The maximum Gasteiger partial charge on any atom is 0.262 e. The first-order valence-electron chi connectivity index (χ1n) is 8.52. The Morgan fingerprint density at radius 2 is 1.89 bits per heavy atom. The number of para-hydroxylation sites is 1. The molecular weight excluding hydrogens is 342 g/mol. The van der Waals surface area contributed by atoms with Gasteiger partial charge in [0, 0.05) is 11.3 Å². The van der Waals surface area contributed by atoms with E-state index in [4.69, 9.17) is 4.74 Å². The molecule has 0 aliphatic carbocycles. The Morgan fingerprint density at radius 3 is 2.67 bits per heavy atom. The van der Waals surface area contributed by atoms with E-state index in [0.717, 1.165) is 16.5 Å². The summed E-state index contributed by atoms with van der Waals surface area (Å²) < 4.78 is 5.04. The molecule has 0 saturated carbocycles. The lowest BCUT2D eigenvalue weighted by molar-refractivity contribution is -0.121. The lowest BCUT2D eigenvalue weighted by Crippen LogP contribution is -2.34. The van der Waals surface area contributed by atoms with Crippen molar-refractivity contribution in [1.29, 1.82) is 0 Å². The standard InChI is InChI=1S/C21H21N3O3/c1-14(23-18-11-10-15-6-3-4-7-16(15)12-18)21(26)24-22-13-17-8-5-9-19(27-2)20(17)25/h3-14,23,25H,1-2H3,(H,24,26). The number of ether oxygens (including phenoxy) is 1. The number of hydrazone groups is 1. The molecule has 1 unspecified atom stereocenters. The number of aromatic hydroxyl groups is 1. The summed E-state index contributed by atoms with van der Waals surface area (Å²) in [4.78, 5) is 12.2. The molecule has 1 atom stereocenters. The maximum atomic E-state index is 12.2. The minimum Gasteiger partial charge on any atom is -0.504 e. The number of phenolic OH excluding ortho intramolecular Hbond substituents is 1. The van der Waals surface area contributed by atoms with Crippen LogP contribution in [0.15, 0.2) is 65.8 Å². The number of nitrogens with one attached hydrogen (secondary N) is 2. The van der Waals surface area contributed by atoms with Gasteiger partial charge in [0.05, 0.1) is 13.3 Å². The van der Waals surface area contributed by atoms with Gasteiger partial charge in [0.25, 0.3) is 5.91 Å². The number of hydrogen-bond donors (Lipinski definition) is 3. The number of phenols is 1. The lowest BCUT2D eigenvalue weighted by atomic mass is 10.1. The predicted molar refractivity (Wildman–Crippen MR) is 107 cm³/mol. The van der Waals surface area contributed by atoms with E-state index in [1.165, 1.54) is 13.3 Å². The Labute approximate surface area is 157 Å². The highest BCUT2D eigenvalue weighted by Gasteiger charge is 2.12. The van der Waals surface area contributed by atoms with Crippen LogP contribution < -0.4 is 15.5 Å². The maximum absolute atomic E-state index is 12.2. The molecule has 1 amide bonds. The molecule has 0 fully saturated rings. The van der Waals surface area contributed by atoms with Crippen molar-refractivity contribution in [3.63, 3.8) is 0 Å². The largest absolute Gasteiger partial charge is 0.504 e. The zero-order valence-corrected chi connectivity index (χ0v) is 15.1. The summed E-state index contributed by atoms with van der Waals surface area (Å²) in [6, 6.07) is 18.5. The van der Waals surface area contributed by atoms with E-state index < -0.39 is 6.04 Å². The summed E-state index contributed by atoms with van der Waals surface area (Å²) in [5, 5.41) is 19.3. The summed E-state index contributed by atoms with van der Waals surface area (Å²) >= 11 is 0. The second-order valence-corrected chi connectivity index (χ2v) is 6.06. The van der Waals surface area contributed by atoms with Gasteiger partial charge in [0.2, 0.25) is 0 Å². The molecule has 27 heavy (non-hydrogen) atoms. The third-order valence-corrected chi connectivity index (χ3v) is 4.15. The first kappa shape index (κ1) is 18.3. The van der Waals surface area contributed by atoms with Crippen LogP contribution >= 0.6 is 0 Å². The minimum absolute atomic E-state index is 0.0275. The molecule has 0 saturated heterocycles. The van der Waals surface area contributed by atoms with Gasteiger partial charge in [-0.2, -0.15) is 5.10 Å². The van der Waals surface area contributed by atoms with E-state index in [0.29, 0.717) is 11.3 Å². The van der Waals surface area contributed by atoms with Crippen molar-refractivity contribution in [1.82, 2.24) is 5.43 Å². The molecule has 3 aromatic rings. The Balaban J connectivity index is 1.62. The number of hydrogen-bond acceptors (Lipinski definition) is 5. The van der Waals surface area contributed by atoms with Gasteiger partial charge in [-0.15, -0.1) is 0 Å². The van der Waals surface area contributed by atoms with E-state index in [1.807, 2.05) is 42.5 Å². The van der Waals surface area contributed by atoms with E-state index in [1.54, 1.807) is 25.1 Å². The second kappa shape index (κ2) is 8.23. The number of carbonyl (C=O) groups excluding carboxylic acids is 1. The average molecular weight is 363 g/mol. The molecule has 0 heterocycles. The van der Waals surface area contributed by atoms with Gasteiger partial charge in [-0.25, -0.2) is 5.43 Å². The molecule has 0 radical (unpaired) electrons. The fraction of sp³-hybridized carbons (Fsp3) is 0.143. The van der Waals surface area contributed by atoms with Crippen molar-refractivity contribution in [2.24, 2.45) is 5.10 Å². The Kier molecular flexibility index (Phi) is 5.56. The normalized spacial score (nSPS) is 12.1. The van der Waals surface area contributed by atoms with Gasteiger partial charge in [-0.1, -0.05) is 36.4 Å². The number of fused-ring (bicyclic) bond motifs is 1. The zero-order valence-electron chi connectivity index (χ0n) is 15.1. The molecule has 0 spiro atoms. The van der Waals surface area contributed by atoms with E-state index in [2.05, 4.69) is 15.8 Å². The number of benzene rings is 3. The Bertz CT molecular complexity index is 985. The van der Waals surface area contributed by atoms with Crippen LogP contribution in [0.5, 0.6) is 11.5 Å². The van der Waals surface area contributed by atoms with Gasteiger partial charge in [-0.05, 0) is 42.0 Å². The summed E-state index contributed by atoms with van der Waals surface area (Å²) in [5.74, 6) is 0.0266. The van der Waals surface area contributed by atoms with Crippen LogP contribution in [0.3, 0.4) is 0 Å². The smallest absolute Gasteiger partial charge is 0.262 e. The fourth-order valence-corrected chi connectivity index (χ4v) is 2.67. The molecule has 0 aromatic heterocycles. The second-order valence-electron chi connectivity index (χ2n) is 6.06. The van der Waals surface area contributed by atoms with Crippen molar-refractivity contribution < 1.29 is 14.6 Å². The first-order valence-corrected chi connectivity index (χ1v) is 8.52. The number of amides is 1. The average Bonchev–Trinajstić information content (AvgIpc) is 2.69. The van der Waals surface area contributed by atoms with Gasteiger partial charge in [0.1, 0.15) is 6.04 Å². The van der Waals surface area contributed by atoms with Crippen LogP contribution in [0.25, 0.3) is 10.8 Å². The van der Waals surface area contributed by atoms with Crippen LogP contribution in [0.2, 0.25) is 0 Å². The van der Waals surface area contributed by atoms with Crippen LogP contribution in [0.1, 0.15) is 12.5 Å². The molecule has 3 aromatic carbocycles. The van der Waals surface area contributed by atoms with E-state index >= 15 is 0 Å². The Morgan fingerprint density at radius 1 is 1.11 bits per heavy atom. The monoisotopic (exact) mass is 363 g/mol. The van der Waals surface area contributed by atoms with Crippen LogP contribution in [0.4, 0.5) is 5.69 Å². The highest BCUT2D eigenvalue weighted by molar-refractivity contribution is 5.89. The number of rotatable bonds is 6. The summed E-state index contributed by atoms with van der Waals surface area (Å²) in [6.45, 7) is 1.75. The molecule has 0 bridgehead atoms. The molecule has 6 heteroatoms. The molecule has 3 rings (SSSR count). The zero-order chi connectivity index (χ0) is 19.2. The number of methoxy groups -OCH3 is 1. The highest BCUT2D eigenvalue weighted by atomic mass is 16.5. The van der Waals surface area contributed by atoms with Crippen molar-refractivity contribution in [3.05, 3.63) is 66.2 Å². The van der Waals surface area contributed by atoms with Crippen molar-refractivity contribution in [2.45, 2.75) is 13.0 Å². The molecule has 0 aliphatic rings. The van der Waals surface area contributed by atoms with Crippen LogP contribution in [0, 0.1) is 0 Å². The number of nitrogens with zero attached hydrogens (tertiary/aromatic N) is 1. The molecule has 138 valence electrons. The third-order valence-electron chi connectivity index (χ3n) is 4.15. The topological polar surface area (TPSA) is 83.0 Å². The number of carbonyl (C=O) groups is 1. The van der Waals surface area contributed by atoms with Gasteiger partial charge >= 0.3 is 0 Å². The highest BCUT2D eigenvalue weighted by Crippen LogP contribution is 2.27. The number of anilines is 1. The third kappa shape index (κ3) is 4.36. The van der Waals surface area contributed by atoms with Crippen LogP contribution in [-0.4, -0.2) is 30.4 Å². The van der Waals surface area contributed by atoms with Crippen molar-refractivity contribution >= 4 is 28.6 Å². The Hall–Kier alpha value is -3.54. The fourth-order valence-electron chi connectivity index (χ4n) is 2.67. The molecular formula is C21H21N3O3. The molecule has 3 N–H and O–H groups in total. The first-order chi connectivity index (χ1) is 13.1. The van der Waals surface area contributed by atoms with Crippen molar-refractivity contribution in [2.75, 3.05) is 12.4 Å². The van der Waals surface area contributed by atoms with E-state index in [9.17, 15) is 9.90 Å². The summed E-state index contributed by atoms with van der Waals surface area (Å²) in [6.07, 6.45) is 1.37. The quantitative estimate of drug-likeness (QED) is 0.462. The minimum atomic E-state index is -0.484. The summed E-state index contributed by atoms with van der Waals surface area (Å²) in [5.41, 5.74) is 3.77. The molecule has 0 aliphatic heterocycles. The van der Waals surface area contributed by atoms with Gasteiger partial charge in [0.15, 0.2) is 11.5 Å². The van der Waals surface area contributed by atoms with Gasteiger partial charge < -0.3 is 15.2 Å². The predicted octanol–water partition coefficient (Wildman–Crippen LogP) is 3.50. The lowest BCUT2D eigenvalue weighted by Gasteiger charge is -2.14. The van der Waals surface area contributed by atoms with Crippen LogP contribution in [-0.2, 0) is 4.79 Å². The van der Waals surface area contributed by atoms with Crippen molar-refractivity contribution in [3.8, 4) is 11.5 Å². The van der Waals surface area contributed by atoms with E-state index in [-0.39, 0.29) is 11.7 Å². The SMILES string of the molecule is COc1cccc(C=NNC(=O)C(C)Nc2ccc3ccccc3c2)c1O. The summed E-state index contributed by atoms with van der Waals surface area (Å²) in [7, 11) is 1.47. The van der Waals surface area contributed by atoms with Gasteiger partial charge in [-0.3, -0.25) is 4.79 Å².